The van der Waals surface area contributed by atoms with E-state index in [0.717, 1.165) is 26.5 Å². The fourth-order valence-electron chi connectivity index (χ4n) is 0.903. The zero-order chi connectivity index (χ0) is 14.8. The van der Waals surface area contributed by atoms with Crippen LogP contribution in [-0.2, 0) is 29.4 Å². The molecule has 1 rings (SSSR count). The van der Waals surface area contributed by atoms with E-state index in [1.165, 1.54) is 11.3 Å². The van der Waals surface area contributed by atoms with E-state index in [9.17, 15) is 4.57 Å². The van der Waals surface area contributed by atoms with E-state index in [4.69, 9.17) is 19.1 Å². The van der Waals surface area contributed by atoms with Gasteiger partial charge in [0.2, 0.25) is 0 Å². The summed E-state index contributed by atoms with van der Waals surface area (Å²) in [6, 6.07) is 0. The van der Waals surface area contributed by atoms with E-state index in [1.54, 1.807) is 25.6 Å². The van der Waals surface area contributed by atoms with Crippen LogP contribution >= 0.6 is 41.3 Å². The minimum Gasteiger partial charge on any atom is -0.242 e. The summed E-state index contributed by atoms with van der Waals surface area (Å²) in [6.07, 6.45) is 0. The molecule has 0 aliphatic rings. The highest BCUT2D eigenvalue weighted by atomic mass is 32.7. The first-order chi connectivity index (χ1) is 9.63. The van der Waals surface area contributed by atoms with Crippen molar-refractivity contribution >= 4 is 41.3 Å². The Hall–Kier alpha value is 0.330. The molecule has 0 unspecified atom stereocenters. The molecular weight excluding hydrogens is 343 g/mol. The van der Waals surface area contributed by atoms with Crippen LogP contribution in [0.4, 0.5) is 0 Å². The minimum absolute atomic E-state index is 0.260. The molecule has 0 aromatic carbocycles. The maximum atomic E-state index is 12.3. The lowest BCUT2D eigenvalue weighted by Crippen LogP contribution is -1.97. The molecule has 0 fully saturated rings. The molecule has 0 saturated carbocycles. The molecule has 1 aromatic rings. The van der Waals surface area contributed by atoms with Crippen LogP contribution in [0, 0.1) is 0 Å². The topological polar surface area (TPSA) is 79.8 Å². The van der Waals surface area contributed by atoms with E-state index in [0.29, 0.717) is 5.75 Å². The summed E-state index contributed by atoms with van der Waals surface area (Å²) in [6.45, 7) is 2.48. The van der Waals surface area contributed by atoms with Crippen molar-refractivity contribution in [3.05, 3.63) is 5.01 Å². The van der Waals surface area contributed by atoms with Gasteiger partial charge in [0.25, 0.3) is 0 Å². The number of hydrogen-bond donors (Lipinski definition) is 0. The minimum atomic E-state index is -3.52. The van der Waals surface area contributed by atoms with Crippen LogP contribution in [0.25, 0.3) is 0 Å². The Balaban J connectivity index is 2.53. The van der Waals surface area contributed by atoms with Crippen molar-refractivity contribution in [3.8, 4) is 0 Å². The SMILES string of the molecule is CCOOP(=O)(OOCC)SCc1nnc(SCC)s1. The second kappa shape index (κ2) is 10.1. The highest BCUT2D eigenvalue weighted by molar-refractivity contribution is 8.54. The van der Waals surface area contributed by atoms with Gasteiger partial charge in [-0.05, 0) is 31.0 Å². The molecule has 116 valence electrons. The Labute approximate surface area is 130 Å². The first-order valence-electron chi connectivity index (χ1n) is 5.95. The zero-order valence-corrected chi connectivity index (χ0v) is 14.8. The van der Waals surface area contributed by atoms with Crippen LogP contribution in [0.15, 0.2) is 4.34 Å². The van der Waals surface area contributed by atoms with E-state index in [1.807, 2.05) is 6.92 Å². The lowest BCUT2D eigenvalue weighted by Gasteiger charge is -2.13. The Bertz CT molecular complexity index is 421. The number of hydrogen-bond acceptors (Lipinski definition) is 10. The number of aromatic nitrogens is 2. The van der Waals surface area contributed by atoms with Gasteiger partial charge < -0.3 is 0 Å². The highest BCUT2D eigenvalue weighted by Crippen LogP contribution is 2.62. The first kappa shape index (κ1) is 18.4. The van der Waals surface area contributed by atoms with E-state index in [2.05, 4.69) is 10.2 Å². The average Bonchev–Trinajstić information content (AvgIpc) is 2.89. The molecule has 0 N–H and O–H groups in total. The fourth-order valence-corrected chi connectivity index (χ4v) is 5.43. The third kappa shape index (κ3) is 6.86. The van der Waals surface area contributed by atoms with Gasteiger partial charge in [0.05, 0.1) is 19.0 Å². The quantitative estimate of drug-likeness (QED) is 0.252. The Morgan fingerprint density at radius 1 is 1.15 bits per heavy atom. The summed E-state index contributed by atoms with van der Waals surface area (Å²) in [5.74, 6) is 1.28. The molecule has 0 bridgehead atoms. The van der Waals surface area contributed by atoms with Crippen molar-refractivity contribution in [1.82, 2.24) is 10.2 Å². The maximum Gasteiger partial charge on any atom is 0.443 e. The molecule has 1 aromatic heterocycles. The van der Waals surface area contributed by atoms with E-state index < -0.39 is 6.80 Å². The van der Waals surface area contributed by atoms with Gasteiger partial charge in [-0.3, -0.25) is 0 Å². The molecule has 0 saturated heterocycles. The van der Waals surface area contributed by atoms with Crippen molar-refractivity contribution in [2.75, 3.05) is 19.0 Å². The Kier molecular flexibility index (Phi) is 9.30. The van der Waals surface area contributed by atoms with Crippen LogP contribution in [0.1, 0.15) is 25.8 Å². The lowest BCUT2D eigenvalue weighted by atomic mass is 10.9. The van der Waals surface area contributed by atoms with Crippen LogP contribution < -0.4 is 0 Å². The van der Waals surface area contributed by atoms with E-state index in [-0.39, 0.29) is 13.2 Å². The molecule has 0 radical (unpaired) electrons. The average molecular weight is 360 g/mol. The molecule has 20 heavy (non-hydrogen) atoms. The summed E-state index contributed by atoms with van der Waals surface area (Å²) in [5.41, 5.74) is 0. The third-order valence-electron chi connectivity index (χ3n) is 1.59. The molecule has 0 aliphatic heterocycles. The molecule has 0 spiro atoms. The summed E-state index contributed by atoms with van der Waals surface area (Å²) >= 11 is 4.01. The molecular formula is C9H17N2O5PS3. The molecule has 0 atom stereocenters. The molecule has 7 nitrogen and oxygen atoms in total. The maximum absolute atomic E-state index is 12.3. The summed E-state index contributed by atoms with van der Waals surface area (Å²) in [7, 11) is 0. The van der Waals surface area contributed by atoms with Gasteiger partial charge in [0.15, 0.2) is 4.34 Å². The van der Waals surface area contributed by atoms with E-state index >= 15 is 0 Å². The molecule has 0 amide bonds. The smallest absolute Gasteiger partial charge is 0.242 e. The molecule has 1 heterocycles. The molecule has 0 aliphatic carbocycles. The van der Waals surface area contributed by atoms with Gasteiger partial charge in [-0.1, -0.05) is 30.0 Å². The summed E-state index contributed by atoms with van der Waals surface area (Å²) in [5, 5.41) is 8.77. The Morgan fingerprint density at radius 2 is 1.80 bits per heavy atom. The van der Waals surface area contributed by atoms with Crippen LogP contribution in [0.2, 0.25) is 0 Å². The lowest BCUT2D eigenvalue weighted by molar-refractivity contribution is -0.257. The number of rotatable bonds is 11. The van der Waals surface area contributed by atoms with Gasteiger partial charge in [-0.15, -0.1) is 19.5 Å². The number of thioether (sulfide) groups is 1. The summed E-state index contributed by atoms with van der Waals surface area (Å²) in [4.78, 5) is 9.40. The van der Waals surface area contributed by atoms with Crippen molar-refractivity contribution in [2.24, 2.45) is 0 Å². The largest absolute Gasteiger partial charge is 0.443 e. The van der Waals surface area contributed by atoms with Crippen LogP contribution in [0.3, 0.4) is 0 Å². The van der Waals surface area contributed by atoms with Gasteiger partial charge in [-0.2, -0.15) is 0 Å². The summed E-state index contributed by atoms with van der Waals surface area (Å²) < 4.78 is 22.7. The van der Waals surface area contributed by atoms with Gasteiger partial charge in [0.1, 0.15) is 5.01 Å². The number of nitrogens with zero attached hydrogens (tertiary/aromatic N) is 2. The predicted molar refractivity (Wildman–Crippen MR) is 80.6 cm³/mol. The highest BCUT2D eigenvalue weighted by Gasteiger charge is 2.29. The monoisotopic (exact) mass is 360 g/mol. The van der Waals surface area contributed by atoms with Crippen molar-refractivity contribution in [1.29, 1.82) is 0 Å². The van der Waals surface area contributed by atoms with Gasteiger partial charge >= 0.3 is 6.80 Å². The second-order valence-corrected chi connectivity index (χ2v) is 9.51. The predicted octanol–water partition coefficient (Wildman–Crippen LogP) is 3.93. The van der Waals surface area contributed by atoms with Crippen molar-refractivity contribution < 1.29 is 23.7 Å². The standard InChI is InChI=1S/C9H17N2O5PS3/c1-4-13-15-17(12,16-14-5-2)19-7-8-10-11-9(20-8)18-6-3/h4-7H2,1-3H3. The Morgan fingerprint density at radius 3 is 2.35 bits per heavy atom. The van der Waals surface area contributed by atoms with Crippen molar-refractivity contribution in [3.63, 3.8) is 0 Å². The second-order valence-electron chi connectivity index (χ2n) is 3.08. The van der Waals surface area contributed by atoms with Gasteiger partial charge in [-0.25, -0.2) is 14.3 Å². The normalized spacial score (nSPS) is 11.9. The zero-order valence-electron chi connectivity index (χ0n) is 11.4. The van der Waals surface area contributed by atoms with Crippen LogP contribution in [-0.4, -0.2) is 29.2 Å². The third-order valence-corrected chi connectivity index (χ3v) is 6.70. The van der Waals surface area contributed by atoms with Crippen molar-refractivity contribution in [2.45, 2.75) is 30.9 Å². The van der Waals surface area contributed by atoms with Crippen LogP contribution in [0.5, 0.6) is 0 Å². The first-order valence-corrected chi connectivity index (χ1v) is 10.9. The van der Waals surface area contributed by atoms with Gasteiger partial charge in [0, 0.05) is 0 Å². The molecule has 11 heteroatoms. The fraction of sp³-hybridized carbons (Fsp3) is 0.778.